The molecule has 0 aliphatic carbocycles. The van der Waals surface area contributed by atoms with E-state index in [2.05, 4.69) is 0 Å². The van der Waals surface area contributed by atoms with Crippen LogP contribution in [0, 0.1) is 12.7 Å². The first-order valence-corrected chi connectivity index (χ1v) is 14.4. The number of aryl methyl sites for hydroxylation is 1. The van der Waals surface area contributed by atoms with E-state index < -0.39 is 21.9 Å². The molecule has 37 heavy (non-hydrogen) atoms. The summed E-state index contributed by atoms with van der Waals surface area (Å²) >= 11 is 1.61. The van der Waals surface area contributed by atoms with Crippen LogP contribution >= 0.6 is 11.3 Å². The van der Waals surface area contributed by atoms with Crippen molar-refractivity contribution in [2.75, 3.05) is 40.0 Å². The Hall–Kier alpha value is -2.79. The van der Waals surface area contributed by atoms with Gasteiger partial charge >= 0.3 is 0 Å². The van der Waals surface area contributed by atoms with E-state index in [9.17, 15) is 17.6 Å². The molecule has 1 amide bonds. The fourth-order valence-corrected chi connectivity index (χ4v) is 6.73. The number of thiophene rings is 1. The highest BCUT2D eigenvalue weighted by atomic mass is 32.2. The van der Waals surface area contributed by atoms with Crippen LogP contribution in [0.5, 0.6) is 5.75 Å². The van der Waals surface area contributed by atoms with Gasteiger partial charge in [-0.15, -0.1) is 11.3 Å². The molecular formula is C27H31FN2O5S2. The third kappa shape index (κ3) is 6.38. The van der Waals surface area contributed by atoms with Crippen molar-refractivity contribution in [3.05, 3.63) is 81.8 Å². The van der Waals surface area contributed by atoms with Crippen LogP contribution in [0.25, 0.3) is 0 Å². The Balaban J connectivity index is 1.57. The Kier molecular flexibility index (Phi) is 8.96. The molecule has 198 valence electrons. The van der Waals surface area contributed by atoms with E-state index >= 15 is 0 Å². The highest BCUT2D eigenvalue weighted by Gasteiger charge is 2.35. The van der Waals surface area contributed by atoms with Crippen LogP contribution < -0.4 is 4.74 Å². The van der Waals surface area contributed by atoms with Crippen LogP contribution in [-0.4, -0.2) is 63.5 Å². The van der Waals surface area contributed by atoms with Gasteiger partial charge < -0.3 is 14.4 Å². The fourth-order valence-electron chi connectivity index (χ4n) is 4.38. The van der Waals surface area contributed by atoms with Gasteiger partial charge in [-0.1, -0.05) is 29.8 Å². The van der Waals surface area contributed by atoms with Gasteiger partial charge in [-0.05, 0) is 61.0 Å². The number of nitrogens with zero attached hydrogens (tertiary/aromatic N) is 2. The van der Waals surface area contributed by atoms with Crippen molar-refractivity contribution in [3.8, 4) is 5.75 Å². The van der Waals surface area contributed by atoms with Crippen LogP contribution in [0.4, 0.5) is 4.39 Å². The number of hydrogen-bond acceptors (Lipinski definition) is 6. The first-order valence-electron chi connectivity index (χ1n) is 12.1. The number of benzene rings is 2. The molecule has 0 saturated heterocycles. The second-order valence-corrected chi connectivity index (χ2v) is 11.8. The van der Waals surface area contributed by atoms with E-state index in [0.29, 0.717) is 26.0 Å². The number of carbonyl (C=O) groups is 1. The number of sulfonamides is 1. The van der Waals surface area contributed by atoms with E-state index in [-0.39, 0.29) is 36.2 Å². The summed E-state index contributed by atoms with van der Waals surface area (Å²) in [6.07, 6.45) is 1.12. The minimum atomic E-state index is -3.91. The van der Waals surface area contributed by atoms with Gasteiger partial charge in [0.2, 0.25) is 15.9 Å². The Morgan fingerprint density at radius 3 is 2.65 bits per heavy atom. The lowest BCUT2D eigenvalue weighted by Gasteiger charge is -2.37. The molecule has 0 radical (unpaired) electrons. The minimum absolute atomic E-state index is 0.0603. The number of carbonyl (C=O) groups excluding carboxylic acids is 1. The second kappa shape index (κ2) is 12.2. The topological polar surface area (TPSA) is 76.2 Å². The van der Waals surface area contributed by atoms with Gasteiger partial charge in [0.1, 0.15) is 6.61 Å². The average molecular weight is 547 g/mol. The molecular weight excluding hydrogens is 515 g/mol. The lowest BCUT2D eigenvalue weighted by atomic mass is 10.0. The molecule has 2 heterocycles. The maximum atomic E-state index is 14.2. The van der Waals surface area contributed by atoms with E-state index in [1.807, 2.05) is 18.4 Å². The van der Waals surface area contributed by atoms with Crippen LogP contribution in [-0.2, 0) is 26.0 Å². The first kappa shape index (κ1) is 27.3. The fraction of sp³-hybridized carbons (Fsp3) is 0.370. The number of rotatable bonds is 11. The number of hydrogen-bond donors (Lipinski definition) is 0. The van der Waals surface area contributed by atoms with Crippen molar-refractivity contribution >= 4 is 27.3 Å². The molecule has 1 atom stereocenters. The summed E-state index contributed by atoms with van der Waals surface area (Å²) < 4.78 is 53.3. The molecule has 0 saturated carbocycles. The highest BCUT2D eigenvalue weighted by Crippen LogP contribution is 2.34. The molecule has 1 aliphatic rings. The van der Waals surface area contributed by atoms with Crippen LogP contribution in [0.2, 0.25) is 0 Å². The van der Waals surface area contributed by atoms with Crippen molar-refractivity contribution in [3.63, 3.8) is 0 Å². The average Bonchev–Trinajstić information content (AvgIpc) is 3.37. The summed E-state index contributed by atoms with van der Waals surface area (Å²) in [5, 5.41) is 1.97. The summed E-state index contributed by atoms with van der Waals surface area (Å²) in [5.74, 6) is -0.692. The van der Waals surface area contributed by atoms with E-state index in [4.69, 9.17) is 9.47 Å². The second-order valence-electron chi connectivity index (χ2n) is 8.89. The van der Waals surface area contributed by atoms with Gasteiger partial charge in [0.25, 0.3) is 0 Å². The smallest absolute Gasteiger partial charge is 0.243 e. The predicted octanol–water partition coefficient (Wildman–Crippen LogP) is 4.43. The monoisotopic (exact) mass is 546 g/mol. The van der Waals surface area contributed by atoms with Crippen LogP contribution in [0.3, 0.4) is 0 Å². The van der Waals surface area contributed by atoms with Gasteiger partial charge in [0.15, 0.2) is 11.6 Å². The van der Waals surface area contributed by atoms with Crippen LogP contribution in [0.15, 0.2) is 64.9 Å². The number of ether oxygens (including phenoxy) is 2. The summed E-state index contributed by atoms with van der Waals surface area (Å²) in [5.41, 5.74) is 1.90. The van der Waals surface area contributed by atoms with Crippen molar-refractivity contribution in [1.29, 1.82) is 0 Å². The summed E-state index contributed by atoms with van der Waals surface area (Å²) in [6, 6.07) is 14.2. The van der Waals surface area contributed by atoms with Crippen molar-refractivity contribution in [2.24, 2.45) is 0 Å². The molecule has 7 nitrogen and oxygen atoms in total. The maximum absolute atomic E-state index is 14.2. The maximum Gasteiger partial charge on any atom is 0.243 e. The number of amides is 1. The zero-order valence-electron chi connectivity index (χ0n) is 20.9. The minimum Gasteiger partial charge on any atom is -0.488 e. The molecule has 2 aromatic carbocycles. The first-order chi connectivity index (χ1) is 17.8. The number of para-hydroxylation sites is 1. The predicted molar refractivity (Wildman–Crippen MR) is 141 cm³/mol. The SMILES string of the molecule is COCCCN(CC(=O)N1CCc2sccc2[C@@H]1COc1ccccc1F)S(=O)(=O)c1ccc(C)cc1. The van der Waals surface area contributed by atoms with Gasteiger partial charge in [-0.25, -0.2) is 12.8 Å². The molecule has 4 rings (SSSR count). The largest absolute Gasteiger partial charge is 0.488 e. The molecule has 0 bridgehead atoms. The highest BCUT2D eigenvalue weighted by molar-refractivity contribution is 7.89. The Morgan fingerprint density at radius 1 is 1.16 bits per heavy atom. The molecule has 1 aliphatic heterocycles. The molecule has 0 fully saturated rings. The third-order valence-electron chi connectivity index (χ3n) is 6.37. The van der Waals surface area contributed by atoms with E-state index in [1.54, 1.807) is 65.8 Å². The quantitative estimate of drug-likeness (QED) is 0.333. The number of fused-ring (bicyclic) bond motifs is 1. The summed E-state index contributed by atoms with van der Waals surface area (Å²) in [4.78, 5) is 16.6. The molecule has 3 aromatic rings. The number of halogens is 1. The number of methoxy groups -OCH3 is 1. The van der Waals surface area contributed by atoms with Gasteiger partial charge in [0, 0.05) is 31.7 Å². The zero-order chi connectivity index (χ0) is 26.4. The molecule has 10 heteroatoms. The molecule has 0 spiro atoms. The van der Waals surface area contributed by atoms with Crippen molar-refractivity contribution < 1.29 is 27.1 Å². The zero-order valence-corrected chi connectivity index (χ0v) is 22.6. The Labute approximate surface area is 221 Å². The Morgan fingerprint density at radius 2 is 1.92 bits per heavy atom. The van der Waals surface area contributed by atoms with Gasteiger partial charge in [-0.3, -0.25) is 4.79 Å². The van der Waals surface area contributed by atoms with Gasteiger partial charge in [0.05, 0.1) is 17.5 Å². The standard InChI is InChI=1S/C27H31FN2O5S2/c1-20-8-10-21(11-9-20)37(32,33)29(14-5-16-34-2)18-27(31)30-15-12-26-22(13-17-36-26)24(30)19-35-25-7-4-3-6-23(25)28/h3-4,6-11,13,17,24H,5,12,14-16,18-19H2,1-2H3/t24-/m0/s1. The lowest BCUT2D eigenvalue weighted by Crippen LogP contribution is -2.48. The van der Waals surface area contributed by atoms with Crippen LogP contribution in [0.1, 0.15) is 28.5 Å². The van der Waals surface area contributed by atoms with Crippen molar-refractivity contribution in [2.45, 2.75) is 30.7 Å². The third-order valence-corrected chi connectivity index (χ3v) is 9.23. The Bertz CT molecular complexity index is 1310. The molecule has 1 aromatic heterocycles. The van der Waals surface area contributed by atoms with Gasteiger partial charge in [-0.2, -0.15) is 4.31 Å². The summed E-state index contributed by atoms with van der Waals surface area (Å²) in [6.45, 7) is 2.57. The summed E-state index contributed by atoms with van der Waals surface area (Å²) in [7, 11) is -2.36. The normalized spacial score (nSPS) is 15.6. The van der Waals surface area contributed by atoms with E-state index in [1.165, 1.54) is 10.4 Å². The molecule has 0 unspecified atom stereocenters. The van der Waals surface area contributed by atoms with Crippen molar-refractivity contribution in [1.82, 2.24) is 9.21 Å². The lowest BCUT2D eigenvalue weighted by molar-refractivity contribution is -0.135. The van der Waals surface area contributed by atoms with E-state index in [0.717, 1.165) is 16.0 Å². The molecule has 0 N–H and O–H groups in total.